The fraction of sp³-hybridized carbons (Fsp3) is 0.250. The zero-order valence-electron chi connectivity index (χ0n) is 22.6. The number of ether oxygens (including phenoxy) is 3. The van der Waals surface area contributed by atoms with Gasteiger partial charge in [-0.15, -0.1) is 5.10 Å². The highest BCUT2D eigenvalue weighted by atomic mass is 32.2. The summed E-state index contributed by atoms with van der Waals surface area (Å²) in [4.78, 5) is 13.0. The quantitative estimate of drug-likeness (QED) is 0.234. The highest BCUT2D eigenvalue weighted by molar-refractivity contribution is 7.92. The third-order valence-electron chi connectivity index (χ3n) is 5.51. The van der Waals surface area contributed by atoms with Crippen molar-refractivity contribution in [2.24, 2.45) is 0 Å². The van der Waals surface area contributed by atoms with Crippen molar-refractivity contribution in [3.63, 3.8) is 0 Å². The van der Waals surface area contributed by atoms with Gasteiger partial charge >= 0.3 is 6.01 Å². The van der Waals surface area contributed by atoms with Crippen LogP contribution >= 0.6 is 0 Å². The molecule has 0 unspecified atom stereocenters. The third-order valence-corrected chi connectivity index (χ3v) is 6.91. The molecular formula is C28H30N4O7S. The summed E-state index contributed by atoms with van der Waals surface area (Å²) in [6.45, 7) is 8.66. The summed E-state index contributed by atoms with van der Waals surface area (Å²) in [5, 5.41) is 10.5. The van der Waals surface area contributed by atoms with E-state index < -0.39 is 15.9 Å². The minimum absolute atomic E-state index is 0.112. The van der Waals surface area contributed by atoms with Gasteiger partial charge in [0.1, 0.15) is 0 Å². The smallest absolute Gasteiger partial charge is 0.322 e. The fourth-order valence-electron chi connectivity index (χ4n) is 3.73. The van der Waals surface area contributed by atoms with Crippen LogP contribution in [-0.4, -0.2) is 44.3 Å². The van der Waals surface area contributed by atoms with Gasteiger partial charge in [0.2, 0.25) is 11.6 Å². The number of hydrogen-bond donors (Lipinski definition) is 2. The number of anilines is 2. The van der Waals surface area contributed by atoms with E-state index in [1.54, 1.807) is 36.4 Å². The fourth-order valence-corrected chi connectivity index (χ4v) is 4.78. The van der Waals surface area contributed by atoms with E-state index in [9.17, 15) is 13.2 Å². The summed E-state index contributed by atoms with van der Waals surface area (Å²) in [7, 11) is -3.83. The summed E-state index contributed by atoms with van der Waals surface area (Å²) >= 11 is 0. The molecule has 0 radical (unpaired) electrons. The van der Waals surface area contributed by atoms with Gasteiger partial charge in [-0.1, -0.05) is 28.9 Å². The first-order valence-electron chi connectivity index (χ1n) is 12.6. The zero-order chi connectivity index (χ0) is 28.7. The molecule has 3 aromatic carbocycles. The zero-order valence-corrected chi connectivity index (χ0v) is 23.4. The van der Waals surface area contributed by atoms with Crippen LogP contribution in [0, 0.1) is 6.92 Å². The first kappa shape index (κ1) is 28.4. The molecule has 2 N–H and O–H groups in total. The van der Waals surface area contributed by atoms with E-state index in [0.717, 1.165) is 5.56 Å². The first-order chi connectivity index (χ1) is 19.2. The van der Waals surface area contributed by atoms with Gasteiger partial charge in [-0.2, -0.15) is 0 Å². The van der Waals surface area contributed by atoms with Gasteiger partial charge in [-0.25, -0.2) is 8.42 Å². The van der Waals surface area contributed by atoms with E-state index in [-0.39, 0.29) is 28.1 Å². The highest BCUT2D eigenvalue weighted by Crippen LogP contribution is 2.42. The predicted molar refractivity (Wildman–Crippen MR) is 150 cm³/mol. The molecule has 0 atom stereocenters. The Morgan fingerprint density at radius 3 is 2.15 bits per heavy atom. The summed E-state index contributed by atoms with van der Waals surface area (Å²) in [6.07, 6.45) is 0. The Morgan fingerprint density at radius 1 is 0.875 bits per heavy atom. The first-order valence-corrected chi connectivity index (χ1v) is 14.1. The molecule has 4 aromatic rings. The van der Waals surface area contributed by atoms with Crippen LogP contribution in [0.2, 0.25) is 0 Å². The number of sulfonamides is 1. The Bertz CT molecular complexity index is 1560. The monoisotopic (exact) mass is 566 g/mol. The van der Waals surface area contributed by atoms with Gasteiger partial charge in [0.05, 0.1) is 24.7 Å². The highest BCUT2D eigenvalue weighted by Gasteiger charge is 2.20. The topological polar surface area (TPSA) is 142 Å². The van der Waals surface area contributed by atoms with Crippen LogP contribution in [0.1, 0.15) is 36.7 Å². The van der Waals surface area contributed by atoms with Crippen molar-refractivity contribution in [1.82, 2.24) is 10.2 Å². The molecule has 0 fully saturated rings. The van der Waals surface area contributed by atoms with Crippen molar-refractivity contribution in [1.29, 1.82) is 0 Å². The molecule has 11 nitrogen and oxygen atoms in total. The number of aryl methyl sites for hydroxylation is 1. The standard InChI is InChI=1S/C28H30N4O7S/c1-5-36-23-16-20(17-24(37-6-2)25(23)38-7-3)27-30-31-28(39-27)29-26(33)19-9-8-10-21(15-19)32-40(34,35)22-13-11-18(4)12-14-22/h8-17,32H,5-7H2,1-4H3,(H,29,31,33). The Hall–Kier alpha value is -4.58. The Morgan fingerprint density at radius 2 is 1.52 bits per heavy atom. The molecule has 0 saturated carbocycles. The maximum absolute atomic E-state index is 12.9. The van der Waals surface area contributed by atoms with Crippen molar-refractivity contribution in [3.05, 3.63) is 71.8 Å². The van der Waals surface area contributed by atoms with Crippen molar-refractivity contribution in [2.75, 3.05) is 29.9 Å². The van der Waals surface area contributed by atoms with E-state index in [0.29, 0.717) is 42.6 Å². The molecule has 0 saturated heterocycles. The van der Waals surface area contributed by atoms with Gasteiger partial charge in [-0.05, 0) is 70.2 Å². The van der Waals surface area contributed by atoms with E-state index >= 15 is 0 Å². The van der Waals surface area contributed by atoms with Crippen LogP contribution in [0.3, 0.4) is 0 Å². The molecule has 0 aliphatic carbocycles. The second-order valence-electron chi connectivity index (χ2n) is 8.47. The van der Waals surface area contributed by atoms with Gasteiger partial charge in [0, 0.05) is 16.8 Å². The number of carbonyl (C=O) groups excluding carboxylic acids is 1. The van der Waals surface area contributed by atoms with Crippen LogP contribution in [0.4, 0.5) is 11.7 Å². The lowest BCUT2D eigenvalue weighted by atomic mass is 10.2. The number of rotatable bonds is 12. The van der Waals surface area contributed by atoms with Gasteiger partial charge < -0.3 is 18.6 Å². The second-order valence-corrected chi connectivity index (χ2v) is 10.1. The third kappa shape index (κ3) is 6.70. The summed E-state index contributed by atoms with van der Waals surface area (Å²) in [6, 6.07) is 15.7. The minimum Gasteiger partial charge on any atom is -0.490 e. The number of hydrogen-bond acceptors (Lipinski definition) is 9. The number of nitrogens with one attached hydrogen (secondary N) is 2. The molecular weight excluding hydrogens is 536 g/mol. The lowest BCUT2D eigenvalue weighted by Gasteiger charge is -2.16. The molecule has 0 aliphatic heterocycles. The summed E-state index contributed by atoms with van der Waals surface area (Å²) in [5.74, 6) is 0.946. The molecule has 1 heterocycles. The minimum atomic E-state index is -3.83. The van der Waals surface area contributed by atoms with Crippen LogP contribution < -0.4 is 24.2 Å². The Balaban J connectivity index is 1.52. The van der Waals surface area contributed by atoms with Gasteiger partial charge in [0.15, 0.2) is 11.5 Å². The van der Waals surface area contributed by atoms with Crippen molar-refractivity contribution >= 4 is 27.6 Å². The maximum Gasteiger partial charge on any atom is 0.322 e. The van der Waals surface area contributed by atoms with Gasteiger partial charge in [0.25, 0.3) is 15.9 Å². The Labute approximate surface area is 232 Å². The number of amides is 1. The largest absolute Gasteiger partial charge is 0.490 e. The average molecular weight is 567 g/mol. The molecule has 1 amide bonds. The van der Waals surface area contributed by atoms with Crippen LogP contribution in [-0.2, 0) is 10.0 Å². The summed E-state index contributed by atoms with van der Waals surface area (Å²) < 4.78 is 50.8. The number of nitrogens with zero attached hydrogens (tertiary/aromatic N) is 2. The van der Waals surface area contributed by atoms with Crippen LogP contribution in [0.25, 0.3) is 11.5 Å². The molecule has 12 heteroatoms. The molecule has 0 spiro atoms. The van der Waals surface area contributed by atoms with E-state index in [1.807, 2.05) is 27.7 Å². The Kier molecular flexibility index (Phi) is 8.90. The van der Waals surface area contributed by atoms with E-state index in [4.69, 9.17) is 18.6 Å². The van der Waals surface area contributed by atoms with Crippen LogP contribution in [0.15, 0.2) is 70.0 Å². The number of carbonyl (C=O) groups is 1. The van der Waals surface area contributed by atoms with E-state index in [2.05, 4.69) is 20.2 Å². The lowest BCUT2D eigenvalue weighted by Crippen LogP contribution is -2.15. The molecule has 0 aliphatic rings. The number of aromatic nitrogens is 2. The SMILES string of the molecule is CCOc1cc(-c2nnc(NC(=O)c3cccc(NS(=O)(=O)c4ccc(C)cc4)c3)o2)cc(OCC)c1OCC. The lowest BCUT2D eigenvalue weighted by molar-refractivity contribution is 0.102. The van der Waals surface area contributed by atoms with Crippen molar-refractivity contribution < 1.29 is 31.8 Å². The molecule has 4 rings (SSSR count). The van der Waals surface area contributed by atoms with Crippen molar-refractivity contribution in [3.8, 4) is 28.7 Å². The van der Waals surface area contributed by atoms with Gasteiger partial charge in [-0.3, -0.25) is 14.8 Å². The van der Waals surface area contributed by atoms with Crippen molar-refractivity contribution in [2.45, 2.75) is 32.6 Å². The van der Waals surface area contributed by atoms with Crippen LogP contribution in [0.5, 0.6) is 17.2 Å². The molecule has 210 valence electrons. The normalized spacial score (nSPS) is 11.1. The van der Waals surface area contributed by atoms with E-state index in [1.165, 1.54) is 24.3 Å². The molecule has 1 aromatic heterocycles. The summed E-state index contributed by atoms with van der Waals surface area (Å²) in [5.41, 5.74) is 1.85. The second kappa shape index (κ2) is 12.5. The predicted octanol–water partition coefficient (Wildman–Crippen LogP) is 5.29. The average Bonchev–Trinajstić information content (AvgIpc) is 3.39. The maximum atomic E-state index is 12.9. The molecule has 0 bridgehead atoms. The number of benzene rings is 3. The molecule has 40 heavy (non-hydrogen) atoms.